The van der Waals surface area contributed by atoms with E-state index < -0.39 is 0 Å². The Morgan fingerprint density at radius 1 is 1.80 bits per heavy atom. The van der Waals surface area contributed by atoms with Gasteiger partial charge in [-0.2, -0.15) is 0 Å². The van der Waals surface area contributed by atoms with Crippen molar-refractivity contribution < 1.29 is 4.79 Å². The highest BCUT2D eigenvalue weighted by atomic mass is 16.2. The van der Waals surface area contributed by atoms with Crippen LogP contribution in [0.4, 0.5) is 0 Å². The molecule has 1 heterocycles. The summed E-state index contributed by atoms with van der Waals surface area (Å²) < 4.78 is 0. The van der Waals surface area contributed by atoms with Crippen molar-refractivity contribution >= 4 is 5.91 Å². The van der Waals surface area contributed by atoms with Crippen molar-refractivity contribution in [3.8, 4) is 0 Å². The summed E-state index contributed by atoms with van der Waals surface area (Å²) in [5.74, 6) is -0.0376. The minimum atomic E-state index is -0.354. The lowest BCUT2D eigenvalue weighted by molar-refractivity contribution is -0.121. The summed E-state index contributed by atoms with van der Waals surface area (Å²) in [5.41, 5.74) is 5.51. The summed E-state index contributed by atoms with van der Waals surface area (Å²) >= 11 is 0. The second kappa shape index (κ2) is 2.98. The van der Waals surface area contributed by atoms with E-state index in [1.807, 2.05) is 11.9 Å². The summed E-state index contributed by atoms with van der Waals surface area (Å²) in [6, 6.07) is -0.354. The Morgan fingerprint density at radius 2 is 2.50 bits per heavy atom. The molecule has 0 aromatic carbocycles. The fourth-order valence-electron chi connectivity index (χ4n) is 1.01. The molecule has 4 heteroatoms. The smallest absolute Gasteiger partial charge is 0.238 e. The number of carbonyl (C=O) groups is 1. The van der Waals surface area contributed by atoms with Crippen molar-refractivity contribution in [3.05, 3.63) is 0 Å². The van der Waals surface area contributed by atoms with Gasteiger partial charge in [0.15, 0.2) is 0 Å². The molecule has 1 rings (SSSR count). The molecular weight excluding hydrogens is 130 g/mol. The predicted octanol–water partition coefficient (Wildman–Crippen LogP) is -1.62. The Labute approximate surface area is 60.4 Å². The van der Waals surface area contributed by atoms with E-state index >= 15 is 0 Å². The molecule has 1 atom stereocenters. The van der Waals surface area contributed by atoms with Crippen LogP contribution in [0.1, 0.15) is 0 Å². The largest absolute Gasteiger partial charge is 0.353 e. The monoisotopic (exact) mass is 143 g/mol. The average Bonchev–Trinajstić information content (AvgIpc) is 1.96. The second-order valence-electron chi connectivity index (χ2n) is 2.66. The number of rotatable bonds is 0. The van der Waals surface area contributed by atoms with Crippen LogP contribution >= 0.6 is 0 Å². The molecule has 1 fully saturated rings. The molecule has 0 aromatic rings. The minimum Gasteiger partial charge on any atom is -0.353 e. The van der Waals surface area contributed by atoms with E-state index in [1.54, 1.807) is 0 Å². The minimum absolute atomic E-state index is 0.0376. The van der Waals surface area contributed by atoms with Crippen LogP contribution in [0.25, 0.3) is 0 Å². The van der Waals surface area contributed by atoms with Crippen LogP contribution < -0.4 is 11.1 Å². The zero-order valence-corrected chi connectivity index (χ0v) is 6.13. The van der Waals surface area contributed by atoms with Crippen LogP contribution in [0.3, 0.4) is 0 Å². The van der Waals surface area contributed by atoms with Crippen molar-refractivity contribution in [2.24, 2.45) is 5.73 Å². The van der Waals surface area contributed by atoms with Crippen molar-refractivity contribution in [1.82, 2.24) is 10.2 Å². The number of nitrogens with two attached hydrogens (primary N) is 1. The summed E-state index contributed by atoms with van der Waals surface area (Å²) in [4.78, 5) is 12.9. The van der Waals surface area contributed by atoms with E-state index in [9.17, 15) is 4.79 Å². The number of hydrogen-bond donors (Lipinski definition) is 2. The normalized spacial score (nSPS) is 29.4. The third kappa shape index (κ3) is 1.68. The number of nitrogens with zero attached hydrogens (tertiary/aromatic N) is 1. The maximum atomic E-state index is 10.9. The average molecular weight is 143 g/mol. The third-order valence-electron chi connectivity index (χ3n) is 1.64. The van der Waals surface area contributed by atoms with Crippen molar-refractivity contribution in [1.29, 1.82) is 0 Å². The van der Waals surface area contributed by atoms with Gasteiger partial charge >= 0.3 is 0 Å². The van der Waals surface area contributed by atoms with E-state index in [1.165, 1.54) is 0 Å². The number of amides is 1. The quantitative estimate of drug-likeness (QED) is 0.428. The van der Waals surface area contributed by atoms with E-state index in [4.69, 9.17) is 5.73 Å². The van der Waals surface area contributed by atoms with Crippen molar-refractivity contribution in [3.63, 3.8) is 0 Å². The first kappa shape index (κ1) is 7.50. The van der Waals surface area contributed by atoms with E-state index in [-0.39, 0.29) is 11.9 Å². The molecule has 1 amide bonds. The first-order chi connectivity index (χ1) is 4.70. The number of hydrogen-bond acceptors (Lipinski definition) is 3. The standard InChI is InChI=1S/C6H13N3O/c1-9-3-2-8-6(10)5(7)4-9/h5H,2-4,7H2,1H3,(H,8,10). The van der Waals surface area contributed by atoms with Gasteiger partial charge in [-0.15, -0.1) is 0 Å². The lowest BCUT2D eigenvalue weighted by Crippen LogP contribution is -2.42. The maximum Gasteiger partial charge on any atom is 0.238 e. The highest BCUT2D eigenvalue weighted by Crippen LogP contribution is 1.90. The molecule has 4 nitrogen and oxygen atoms in total. The molecule has 58 valence electrons. The lowest BCUT2D eigenvalue weighted by Gasteiger charge is -2.13. The topological polar surface area (TPSA) is 58.4 Å². The van der Waals surface area contributed by atoms with Crippen LogP contribution in [0.2, 0.25) is 0 Å². The summed E-state index contributed by atoms with van der Waals surface area (Å²) in [6.45, 7) is 2.26. The van der Waals surface area contributed by atoms with Gasteiger partial charge in [0.05, 0.1) is 6.04 Å². The Hall–Kier alpha value is -0.610. The number of nitrogens with one attached hydrogen (secondary N) is 1. The van der Waals surface area contributed by atoms with Gasteiger partial charge in [-0.05, 0) is 7.05 Å². The Morgan fingerprint density at radius 3 is 3.20 bits per heavy atom. The molecule has 1 aliphatic rings. The molecule has 0 aliphatic carbocycles. The van der Waals surface area contributed by atoms with Crippen LogP contribution in [-0.4, -0.2) is 43.5 Å². The molecule has 0 bridgehead atoms. The molecule has 10 heavy (non-hydrogen) atoms. The molecule has 1 unspecified atom stereocenters. The highest BCUT2D eigenvalue weighted by molar-refractivity contribution is 5.81. The summed E-state index contributed by atoms with van der Waals surface area (Å²) in [6.07, 6.45) is 0. The molecule has 0 radical (unpaired) electrons. The van der Waals surface area contributed by atoms with Gasteiger partial charge in [-0.1, -0.05) is 0 Å². The first-order valence-corrected chi connectivity index (χ1v) is 3.42. The van der Waals surface area contributed by atoms with E-state index in [2.05, 4.69) is 5.32 Å². The zero-order valence-electron chi connectivity index (χ0n) is 6.13. The predicted molar refractivity (Wildman–Crippen MR) is 38.5 cm³/mol. The maximum absolute atomic E-state index is 10.9. The number of carbonyl (C=O) groups excluding carboxylic acids is 1. The van der Waals surface area contributed by atoms with Gasteiger partial charge in [0.25, 0.3) is 0 Å². The Balaban J connectivity index is 2.49. The SMILES string of the molecule is CN1CCNC(=O)C(N)C1. The van der Waals surface area contributed by atoms with Gasteiger partial charge in [0.2, 0.25) is 5.91 Å². The Bertz CT molecular complexity index is 137. The van der Waals surface area contributed by atoms with Crippen LogP contribution in [0.15, 0.2) is 0 Å². The number of likely N-dealkylation sites (N-methyl/N-ethyl adjacent to an activating group) is 1. The van der Waals surface area contributed by atoms with Gasteiger partial charge in [-0.3, -0.25) is 4.79 Å². The van der Waals surface area contributed by atoms with E-state index in [0.29, 0.717) is 13.1 Å². The van der Waals surface area contributed by atoms with Gasteiger partial charge in [0, 0.05) is 19.6 Å². The molecule has 1 saturated heterocycles. The fourth-order valence-corrected chi connectivity index (χ4v) is 1.01. The van der Waals surface area contributed by atoms with Crippen LogP contribution in [-0.2, 0) is 4.79 Å². The van der Waals surface area contributed by atoms with E-state index in [0.717, 1.165) is 6.54 Å². The zero-order chi connectivity index (χ0) is 7.56. The van der Waals surface area contributed by atoms with Crippen LogP contribution in [0.5, 0.6) is 0 Å². The first-order valence-electron chi connectivity index (χ1n) is 3.42. The van der Waals surface area contributed by atoms with Gasteiger partial charge in [0.1, 0.15) is 0 Å². The Kier molecular flexibility index (Phi) is 2.24. The summed E-state index contributed by atoms with van der Waals surface area (Å²) in [7, 11) is 1.96. The molecule has 3 N–H and O–H groups in total. The van der Waals surface area contributed by atoms with Crippen LogP contribution in [0, 0.1) is 0 Å². The highest BCUT2D eigenvalue weighted by Gasteiger charge is 2.18. The van der Waals surface area contributed by atoms with Crippen molar-refractivity contribution in [2.45, 2.75) is 6.04 Å². The molecule has 0 spiro atoms. The molecule has 0 aromatic heterocycles. The lowest BCUT2D eigenvalue weighted by atomic mass is 10.3. The van der Waals surface area contributed by atoms with Crippen molar-refractivity contribution in [2.75, 3.05) is 26.7 Å². The van der Waals surface area contributed by atoms with Gasteiger partial charge in [-0.25, -0.2) is 0 Å². The van der Waals surface area contributed by atoms with Gasteiger partial charge < -0.3 is 16.0 Å². The second-order valence-corrected chi connectivity index (χ2v) is 2.66. The molecular formula is C6H13N3O. The summed E-state index contributed by atoms with van der Waals surface area (Å²) in [5, 5.41) is 2.72. The fraction of sp³-hybridized carbons (Fsp3) is 0.833. The third-order valence-corrected chi connectivity index (χ3v) is 1.64. The molecule has 0 saturated carbocycles. The molecule has 1 aliphatic heterocycles.